The van der Waals surface area contributed by atoms with Crippen LogP contribution in [0.25, 0.3) is 0 Å². The van der Waals surface area contributed by atoms with Crippen LogP contribution in [-0.2, 0) is 20.7 Å². The van der Waals surface area contributed by atoms with Crippen LogP contribution in [0.4, 0.5) is 11.4 Å². The second kappa shape index (κ2) is 9.02. The maximum Gasteiger partial charge on any atom is 0.247 e. The number of carbonyl (C=O) groups excluding carboxylic acids is 2. The van der Waals surface area contributed by atoms with Crippen LogP contribution in [0.3, 0.4) is 0 Å². The van der Waals surface area contributed by atoms with Gasteiger partial charge in [0.05, 0.1) is 19.1 Å². The molecule has 1 heterocycles. The van der Waals surface area contributed by atoms with E-state index < -0.39 is 6.04 Å². The first-order valence-electron chi connectivity index (χ1n) is 9.85. The number of anilines is 2. The third kappa shape index (κ3) is 4.78. The zero-order valence-corrected chi connectivity index (χ0v) is 16.8. The number of hydrogen-bond acceptors (Lipinski definition) is 3. The maximum absolute atomic E-state index is 13.0. The Kier molecular flexibility index (Phi) is 6.47. The Morgan fingerprint density at radius 3 is 2.57 bits per heavy atom. The van der Waals surface area contributed by atoms with E-state index in [9.17, 15) is 9.59 Å². The van der Waals surface area contributed by atoms with Crippen LogP contribution in [0, 0.1) is 6.92 Å². The van der Waals surface area contributed by atoms with Gasteiger partial charge in [0, 0.05) is 11.4 Å². The molecule has 1 aliphatic heterocycles. The molecule has 2 aromatic carbocycles. The maximum atomic E-state index is 13.0. The molecule has 0 aromatic heterocycles. The fourth-order valence-electron chi connectivity index (χ4n) is 3.47. The van der Waals surface area contributed by atoms with Crippen molar-refractivity contribution in [1.29, 1.82) is 0 Å². The molecule has 148 valence electrons. The highest BCUT2D eigenvalue weighted by atomic mass is 16.5. The van der Waals surface area contributed by atoms with Gasteiger partial charge in [0.25, 0.3) is 0 Å². The van der Waals surface area contributed by atoms with Crippen LogP contribution >= 0.6 is 0 Å². The van der Waals surface area contributed by atoms with Gasteiger partial charge in [-0.05, 0) is 57.4 Å². The largest absolute Gasteiger partial charge is 0.378 e. The van der Waals surface area contributed by atoms with Gasteiger partial charge in [0.1, 0.15) is 6.04 Å². The van der Waals surface area contributed by atoms with E-state index >= 15 is 0 Å². The smallest absolute Gasteiger partial charge is 0.247 e. The van der Waals surface area contributed by atoms with Crippen molar-refractivity contribution in [2.75, 3.05) is 16.8 Å². The topological polar surface area (TPSA) is 58.6 Å². The summed E-state index contributed by atoms with van der Waals surface area (Å²) in [5.41, 5.74) is 3.80. The van der Waals surface area contributed by atoms with Crippen LogP contribution in [-0.4, -0.2) is 30.6 Å². The van der Waals surface area contributed by atoms with Crippen molar-refractivity contribution in [1.82, 2.24) is 0 Å². The van der Waals surface area contributed by atoms with Crippen molar-refractivity contribution in [2.24, 2.45) is 0 Å². The lowest BCUT2D eigenvalue weighted by atomic mass is 9.94. The molecule has 5 heteroatoms. The van der Waals surface area contributed by atoms with Gasteiger partial charge in [-0.15, -0.1) is 0 Å². The predicted octanol–water partition coefficient (Wildman–Crippen LogP) is 4.10. The summed E-state index contributed by atoms with van der Waals surface area (Å²) in [7, 11) is 0. The van der Waals surface area contributed by atoms with Crippen molar-refractivity contribution in [3.63, 3.8) is 0 Å². The van der Waals surface area contributed by atoms with Crippen LogP contribution < -0.4 is 10.2 Å². The second-order valence-electron chi connectivity index (χ2n) is 7.47. The number of hydrogen-bond donors (Lipinski definition) is 1. The molecule has 0 saturated carbocycles. The number of rotatable bonds is 6. The Hall–Kier alpha value is -2.66. The number of benzene rings is 2. The summed E-state index contributed by atoms with van der Waals surface area (Å²) < 4.78 is 5.55. The minimum Gasteiger partial charge on any atom is -0.378 e. The normalized spacial score (nSPS) is 16.0. The van der Waals surface area contributed by atoms with E-state index in [1.54, 1.807) is 4.90 Å². The van der Waals surface area contributed by atoms with E-state index in [0.29, 0.717) is 13.0 Å². The molecule has 1 unspecified atom stereocenters. The van der Waals surface area contributed by atoms with E-state index in [0.717, 1.165) is 28.9 Å². The van der Waals surface area contributed by atoms with Crippen molar-refractivity contribution >= 4 is 23.2 Å². The lowest BCUT2D eigenvalue weighted by Crippen LogP contribution is -2.50. The Bertz CT molecular complexity index is 830. The standard InChI is InChI=1S/C23H28N2O3/c1-16(2)28-15-14-22(26)25-20-7-5-4-6-18(20)10-13-21(25)23(27)24-19-11-8-17(3)9-12-19/h4-9,11-12,16,21H,10,13-15H2,1-3H3,(H,24,27). The lowest BCUT2D eigenvalue weighted by Gasteiger charge is -2.36. The van der Waals surface area contributed by atoms with E-state index in [1.807, 2.05) is 69.3 Å². The fraction of sp³-hybridized carbons (Fsp3) is 0.391. The summed E-state index contributed by atoms with van der Waals surface area (Å²) in [5, 5.41) is 2.96. The van der Waals surface area contributed by atoms with E-state index in [2.05, 4.69) is 5.32 Å². The Labute approximate surface area is 166 Å². The second-order valence-corrected chi connectivity index (χ2v) is 7.47. The summed E-state index contributed by atoms with van der Waals surface area (Å²) in [5.74, 6) is -0.242. The molecule has 28 heavy (non-hydrogen) atoms. The zero-order valence-electron chi connectivity index (χ0n) is 16.8. The van der Waals surface area contributed by atoms with Crippen LogP contribution in [0.15, 0.2) is 48.5 Å². The molecule has 1 atom stereocenters. The first-order chi connectivity index (χ1) is 13.5. The Morgan fingerprint density at radius 2 is 1.86 bits per heavy atom. The molecule has 2 amide bonds. The predicted molar refractivity (Wildman–Crippen MR) is 112 cm³/mol. The van der Waals surface area contributed by atoms with Gasteiger partial charge in [0.2, 0.25) is 11.8 Å². The number of ether oxygens (including phenoxy) is 1. The number of fused-ring (bicyclic) bond motifs is 1. The number of nitrogens with zero attached hydrogens (tertiary/aromatic N) is 1. The minimum absolute atomic E-state index is 0.0714. The van der Waals surface area contributed by atoms with Gasteiger partial charge in [-0.1, -0.05) is 35.9 Å². The highest BCUT2D eigenvalue weighted by molar-refractivity contribution is 6.06. The number of carbonyl (C=O) groups is 2. The average Bonchev–Trinajstić information content (AvgIpc) is 2.68. The van der Waals surface area contributed by atoms with Crippen molar-refractivity contribution in [3.05, 3.63) is 59.7 Å². The first kappa shape index (κ1) is 20.1. The SMILES string of the molecule is Cc1ccc(NC(=O)C2CCc3ccccc3N2C(=O)CCOC(C)C)cc1. The average molecular weight is 380 g/mol. The molecular formula is C23H28N2O3. The fourth-order valence-corrected chi connectivity index (χ4v) is 3.47. The van der Waals surface area contributed by atoms with Crippen molar-refractivity contribution < 1.29 is 14.3 Å². The van der Waals surface area contributed by atoms with E-state index in [1.165, 1.54) is 0 Å². The van der Waals surface area contributed by atoms with E-state index in [4.69, 9.17) is 4.74 Å². The van der Waals surface area contributed by atoms with E-state index in [-0.39, 0.29) is 24.3 Å². The van der Waals surface area contributed by atoms with Crippen molar-refractivity contribution in [3.8, 4) is 0 Å². The monoisotopic (exact) mass is 380 g/mol. The third-order valence-corrected chi connectivity index (χ3v) is 4.91. The molecule has 2 aromatic rings. The molecule has 1 N–H and O–H groups in total. The molecule has 0 fully saturated rings. The molecular weight excluding hydrogens is 352 g/mol. The van der Waals surface area contributed by atoms with Crippen molar-refractivity contribution in [2.45, 2.75) is 52.2 Å². The van der Waals surface area contributed by atoms with Crippen LogP contribution in [0.2, 0.25) is 0 Å². The molecule has 0 bridgehead atoms. The molecule has 5 nitrogen and oxygen atoms in total. The highest BCUT2D eigenvalue weighted by Gasteiger charge is 2.35. The summed E-state index contributed by atoms with van der Waals surface area (Å²) >= 11 is 0. The molecule has 1 aliphatic rings. The first-order valence-corrected chi connectivity index (χ1v) is 9.85. The van der Waals surface area contributed by atoms with Gasteiger partial charge in [0.15, 0.2) is 0 Å². The van der Waals surface area contributed by atoms with Gasteiger partial charge in [-0.2, -0.15) is 0 Å². The Morgan fingerprint density at radius 1 is 1.14 bits per heavy atom. The summed E-state index contributed by atoms with van der Waals surface area (Å²) in [6.45, 7) is 6.24. The number of aryl methyl sites for hydroxylation is 2. The summed E-state index contributed by atoms with van der Waals surface area (Å²) in [6.07, 6.45) is 1.70. The number of para-hydroxylation sites is 1. The molecule has 0 radical (unpaired) electrons. The van der Waals surface area contributed by atoms with Crippen LogP contribution in [0.5, 0.6) is 0 Å². The molecule has 0 aliphatic carbocycles. The zero-order chi connectivity index (χ0) is 20.1. The molecule has 3 rings (SSSR count). The van der Waals surface area contributed by atoms with Gasteiger partial charge in [-0.25, -0.2) is 0 Å². The highest BCUT2D eigenvalue weighted by Crippen LogP contribution is 2.32. The molecule has 0 saturated heterocycles. The molecule has 0 spiro atoms. The summed E-state index contributed by atoms with van der Waals surface area (Å²) in [6, 6.07) is 15.0. The number of amides is 2. The van der Waals surface area contributed by atoms with Gasteiger partial charge >= 0.3 is 0 Å². The lowest BCUT2D eigenvalue weighted by molar-refractivity contribution is -0.124. The quantitative estimate of drug-likeness (QED) is 0.821. The third-order valence-electron chi connectivity index (χ3n) is 4.91. The Balaban J connectivity index is 1.80. The summed E-state index contributed by atoms with van der Waals surface area (Å²) in [4.78, 5) is 27.7. The van der Waals surface area contributed by atoms with Crippen LogP contribution in [0.1, 0.15) is 37.8 Å². The van der Waals surface area contributed by atoms with Gasteiger partial charge < -0.3 is 10.1 Å². The number of nitrogens with one attached hydrogen (secondary N) is 1. The van der Waals surface area contributed by atoms with Gasteiger partial charge in [-0.3, -0.25) is 14.5 Å². The minimum atomic E-state index is -0.525.